The van der Waals surface area contributed by atoms with Crippen molar-refractivity contribution < 1.29 is 80.2 Å². The molecule has 0 saturated heterocycles. The second-order valence-corrected chi connectivity index (χ2v) is 31.5. The van der Waals surface area contributed by atoms with Gasteiger partial charge in [0.25, 0.3) is 0 Å². The van der Waals surface area contributed by atoms with Crippen LogP contribution in [-0.4, -0.2) is 96.7 Å². The first-order chi connectivity index (χ1) is 45.8. The number of hydrogen-bond donors (Lipinski definition) is 3. The first kappa shape index (κ1) is 93.1. The highest BCUT2D eigenvalue weighted by Gasteiger charge is 2.30. The SMILES string of the molecule is CCCCCCCCCCCCCCCCCCCCCC(=O)O[C@H](COC(=O)CCCCCCCCCCCCC(C)CC)COP(=O)(O)OC[C@@H](O)COP(=O)(O)OC[C@@H](COC(=O)CCCCCCCCC(C)C)OC(=O)CCCCCCCCCCCCC(C)C. The number of unbranched alkanes of at least 4 members (excludes halogenated alkanes) is 41. The van der Waals surface area contributed by atoms with Crippen molar-refractivity contribution in [1.29, 1.82) is 0 Å². The van der Waals surface area contributed by atoms with Gasteiger partial charge in [-0.25, -0.2) is 9.13 Å². The summed E-state index contributed by atoms with van der Waals surface area (Å²) in [7, 11) is -9.91. The number of carbonyl (C=O) groups excluding carboxylic acids is 4. The number of esters is 4. The molecule has 0 aliphatic carbocycles. The summed E-state index contributed by atoms with van der Waals surface area (Å²) in [5.41, 5.74) is 0. The van der Waals surface area contributed by atoms with Crippen LogP contribution in [0.15, 0.2) is 0 Å². The molecule has 19 heteroatoms. The van der Waals surface area contributed by atoms with Gasteiger partial charge in [0.1, 0.15) is 19.3 Å². The van der Waals surface area contributed by atoms with Gasteiger partial charge in [-0.05, 0) is 43.4 Å². The van der Waals surface area contributed by atoms with Crippen LogP contribution in [0.5, 0.6) is 0 Å². The molecule has 0 spiro atoms. The fourth-order valence-corrected chi connectivity index (χ4v) is 13.1. The lowest BCUT2D eigenvalue weighted by molar-refractivity contribution is -0.161. The molecule has 0 radical (unpaired) electrons. The van der Waals surface area contributed by atoms with E-state index in [9.17, 15) is 43.2 Å². The van der Waals surface area contributed by atoms with Crippen molar-refractivity contribution in [3.8, 4) is 0 Å². The quantitative estimate of drug-likeness (QED) is 0.0222. The molecule has 0 aliphatic rings. The van der Waals surface area contributed by atoms with Gasteiger partial charge in [0.15, 0.2) is 12.2 Å². The molecule has 0 rings (SSSR count). The molecular formula is C76H148O17P2. The van der Waals surface area contributed by atoms with Crippen LogP contribution in [0.4, 0.5) is 0 Å². The van der Waals surface area contributed by atoms with E-state index in [4.69, 9.17) is 37.0 Å². The Labute approximate surface area is 581 Å². The topological polar surface area (TPSA) is 237 Å². The number of rotatable bonds is 74. The Hall–Kier alpha value is -1.94. The maximum atomic E-state index is 13.1. The minimum Gasteiger partial charge on any atom is -0.462 e. The van der Waals surface area contributed by atoms with E-state index in [-0.39, 0.29) is 25.7 Å². The molecular weight excluding hydrogens is 1250 g/mol. The zero-order valence-electron chi connectivity index (χ0n) is 62.1. The average Bonchev–Trinajstić information content (AvgIpc) is 1.30. The van der Waals surface area contributed by atoms with E-state index in [2.05, 4.69) is 48.5 Å². The van der Waals surface area contributed by atoms with E-state index in [1.807, 2.05) is 0 Å². The monoisotopic (exact) mass is 1400 g/mol. The number of carbonyl (C=O) groups is 4. The number of hydrogen-bond acceptors (Lipinski definition) is 15. The van der Waals surface area contributed by atoms with Crippen molar-refractivity contribution in [3.05, 3.63) is 0 Å². The summed E-state index contributed by atoms with van der Waals surface area (Å²) in [6.07, 6.45) is 52.9. The Morgan fingerprint density at radius 1 is 0.305 bits per heavy atom. The van der Waals surface area contributed by atoms with Crippen molar-refractivity contribution in [2.75, 3.05) is 39.6 Å². The van der Waals surface area contributed by atoms with Crippen molar-refractivity contribution >= 4 is 39.5 Å². The summed E-state index contributed by atoms with van der Waals surface area (Å²) in [5, 5.41) is 10.6. The highest BCUT2D eigenvalue weighted by molar-refractivity contribution is 7.47. The Bertz CT molecular complexity index is 1850. The van der Waals surface area contributed by atoms with E-state index in [1.54, 1.807) is 0 Å². The van der Waals surface area contributed by atoms with Gasteiger partial charge in [-0.2, -0.15) is 0 Å². The van der Waals surface area contributed by atoms with Crippen molar-refractivity contribution in [2.24, 2.45) is 17.8 Å². The van der Waals surface area contributed by atoms with E-state index >= 15 is 0 Å². The Balaban J connectivity index is 5.23. The zero-order chi connectivity index (χ0) is 70.1. The standard InChI is InChI=1S/C76H148O17P2/c1-8-10-11-12-13-14-15-16-17-18-19-20-21-22-23-31-36-45-52-59-75(80)92-71(63-86-73(78)57-50-43-35-30-27-25-29-34-42-49-56-69(7)9-2)65-90-94(82,83)88-61-70(77)62-89-95(84,85)91-66-72(64-87-74(79)58-51-44-39-38-41-48-55-68(5)6)93-76(81)60-53-46-37-32-26-24-28-33-40-47-54-67(3)4/h67-72,77H,8-66H2,1-7H3,(H,82,83)(H,84,85)/t69?,70-,71-,72-/m1/s1. The van der Waals surface area contributed by atoms with E-state index in [1.165, 1.54) is 193 Å². The minimum absolute atomic E-state index is 0.105. The summed E-state index contributed by atoms with van der Waals surface area (Å²) >= 11 is 0. The predicted octanol–water partition coefficient (Wildman–Crippen LogP) is 22.2. The normalized spacial score (nSPS) is 14.4. The number of aliphatic hydroxyl groups excluding tert-OH is 1. The van der Waals surface area contributed by atoms with Crippen LogP contribution in [0.2, 0.25) is 0 Å². The Morgan fingerprint density at radius 2 is 0.537 bits per heavy atom. The first-order valence-electron chi connectivity index (χ1n) is 39.4. The molecule has 17 nitrogen and oxygen atoms in total. The lowest BCUT2D eigenvalue weighted by Gasteiger charge is -2.21. The highest BCUT2D eigenvalue weighted by Crippen LogP contribution is 2.45. The predicted molar refractivity (Wildman–Crippen MR) is 386 cm³/mol. The van der Waals surface area contributed by atoms with E-state index in [0.717, 1.165) is 108 Å². The van der Waals surface area contributed by atoms with Gasteiger partial charge in [0, 0.05) is 25.7 Å². The second-order valence-electron chi connectivity index (χ2n) is 28.6. The molecule has 3 N–H and O–H groups in total. The summed E-state index contributed by atoms with van der Waals surface area (Å²) in [6.45, 7) is 11.8. The molecule has 3 unspecified atom stereocenters. The molecule has 564 valence electrons. The minimum atomic E-state index is -4.96. The van der Waals surface area contributed by atoms with Crippen LogP contribution < -0.4 is 0 Å². The molecule has 0 bridgehead atoms. The van der Waals surface area contributed by atoms with Gasteiger partial charge in [0.05, 0.1) is 26.4 Å². The number of aliphatic hydroxyl groups is 1. The fourth-order valence-electron chi connectivity index (χ4n) is 11.6. The van der Waals surface area contributed by atoms with Crippen LogP contribution in [0.1, 0.15) is 389 Å². The maximum absolute atomic E-state index is 13.1. The summed E-state index contributed by atoms with van der Waals surface area (Å²) in [4.78, 5) is 72.8. The average molecular weight is 1400 g/mol. The van der Waals surface area contributed by atoms with Crippen molar-refractivity contribution in [2.45, 2.75) is 407 Å². The van der Waals surface area contributed by atoms with Gasteiger partial charge in [-0.15, -0.1) is 0 Å². The summed E-state index contributed by atoms with van der Waals surface area (Å²) in [5.74, 6) is 0.120. The van der Waals surface area contributed by atoms with Gasteiger partial charge in [0.2, 0.25) is 0 Å². The van der Waals surface area contributed by atoms with Crippen molar-refractivity contribution in [3.63, 3.8) is 0 Å². The summed E-state index contributed by atoms with van der Waals surface area (Å²) < 4.78 is 68.5. The maximum Gasteiger partial charge on any atom is 0.472 e. The van der Waals surface area contributed by atoms with E-state index in [0.29, 0.717) is 31.6 Å². The van der Waals surface area contributed by atoms with Crippen LogP contribution in [-0.2, 0) is 65.4 Å². The van der Waals surface area contributed by atoms with Gasteiger partial charge in [-0.1, -0.05) is 337 Å². The molecule has 6 atom stereocenters. The highest BCUT2D eigenvalue weighted by atomic mass is 31.2. The third kappa shape index (κ3) is 69.0. The van der Waals surface area contributed by atoms with Crippen LogP contribution in [0.3, 0.4) is 0 Å². The molecule has 0 aliphatic heterocycles. The molecule has 0 aromatic rings. The Kier molecular flexibility index (Phi) is 65.2. The molecule has 0 amide bonds. The van der Waals surface area contributed by atoms with Gasteiger partial charge in [-0.3, -0.25) is 37.3 Å². The molecule has 0 heterocycles. The molecule has 0 aromatic carbocycles. The number of phosphoric acid groups is 2. The fraction of sp³-hybridized carbons (Fsp3) is 0.947. The smallest absolute Gasteiger partial charge is 0.462 e. The van der Waals surface area contributed by atoms with Crippen molar-refractivity contribution in [1.82, 2.24) is 0 Å². The first-order valence-corrected chi connectivity index (χ1v) is 42.4. The third-order valence-electron chi connectivity index (χ3n) is 18.0. The van der Waals surface area contributed by atoms with Crippen LogP contribution >= 0.6 is 15.6 Å². The number of ether oxygens (including phenoxy) is 4. The molecule has 0 saturated carbocycles. The lowest BCUT2D eigenvalue weighted by atomic mass is 9.99. The largest absolute Gasteiger partial charge is 0.472 e. The number of phosphoric ester groups is 2. The zero-order valence-corrected chi connectivity index (χ0v) is 63.9. The van der Waals surface area contributed by atoms with Gasteiger partial charge < -0.3 is 33.8 Å². The molecule has 0 aromatic heterocycles. The van der Waals surface area contributed by atoms with Gasteiger partial charge >= 0.3 is 39.5 Å². The van der Waals surface area contributed by atoms with E-state index < -0.39 is 97.5 Å². The molecule has 0 fully saturated rings. The van der Waals surface area contributed by atoms with Crippen LogP contribution in [0.25, 0.3) is 0 Å². The van der Waals surface area contributed by atoms with Crippen LogP contribution in [0, 0.1) is 17.8 Å². The second kappa shape index (κ2) is 66.6. The lowest BCUT2D eigenvalue weighted by Crippen LogP contribution is -2.30. The summed E-state index contributed by atoms with van der Waals surface area (Å²) in [6, 6.07) is 0. The third-order valence-corrected chi connectivity index (χ3v) is 19.9. The Morgan fingerprint density at radius 3 is 0.800 bits per heavy atom. The molecule has 95 heavy (non-hydrogen) atoms.